The van der Waals surface area contributed by atoms with E-state index in [1.54, 1.807) is 47.0 Å². The number of pyridine rings is 1. The number of phenols is 1. The highest BCUT2D eigenvalue weighted by Crippen LogP contribution is 2.41. The Kier molecular flexibility index (Phi) is 5.47. The number of phenolic OH excluding ortho intramolecular Hbond substituents is 1. The zero-order valence-corrected chi connectivity index (χ0v) is 16.1. The molecule has 1 saturated carbocycles. The summed E-state index contributed by atoms with van der Waals surface area (Å²) >= 11 is 0. The van der Waals surface area contributed by atoms with E-state index in [0.29, 0.717) is 30.2 Å². The zero-order chi connectivity index (χ0) is 20.2. The van der Waals surface area contributed by atoms with Crippen molar-refractivity contribution < 1.29 is 14.6 Å². The van der Waals surface area contributed by atoms with E-state index < -0.39 is 0 Å². The summed E-state index contributed by atoms with van der Waals surface area (Å²) in [6, 6.07) is 17.7. The van der Waals surface area contributed by atoms with Crippen molar-refractivity contribution in [2.24, 2.45) is 0 Å². The number of hydrogen-bond acceptors (Lipinski definition) is 4. The summed E-state index contributed by atoms with van der Waals surface area (Å²) in [7, 11) is 0. The number of aromatic hydroxyl groups is 1. The first-order valence-corrected chi connectivity index (χ1v) is 9.82. The number of rotatable bonds is 8. The summed E-state index contributed by atoms with van der Waals surface area (Å²) in [5.74, 6) is 1.20. The number of benzene rings is 2. The van der Waals surface area contributed by atoms with Crippen molar-refractivity contribution in [3.05, 3.63) is 93.4 Å². The summed E-state index contributed by atoms with van der Waals surface area (Å²) in [6.45, 7) is 0.814. The van der Waals surface area contributed by atoms with Crippen LogP contribution < -0.4 is 10.3 Å². The Morgan fingerprint density at radius 3 is 2.55 bits per heavy atom. The lowest BCUT2D eigenvalue weighted by Gasteiger charge is -2.18. The summed E-state index contributed by atoms with van der Waals surface area (Å²) < 4.78 is 7.71. The first-order chi connectivity index (χ1) is 14.1. The highest BCUT2D eigenvalue weighted by Gasteiger charge is 2.28. The van der Waals surface area contributed by atoms with Crippen LogP contribution in [-0.2, 0) is 19.6 Å². The number of carbonyl (C=O) groups excluding carboxylic acids is 1. The average Bonchev–Trinajstić information content (AvgIpc) is 3.57. The first kappa shape index (κ1) is 19.0. The molecule has 0 atom stereocenters. The van der Waals surface area contributed by atoms with Crippen molar-refractivity contribution in [3.8, 4) is 11.5 Å². The molecule has 1 N–H and O–H groups in total. The van der Waals surface area contributed by atoms with E-state index in [1.807, 2.05) is 18.2 Å². The molecular weight excluding hydrogens is 366 g/mol. The molecule has 3 aromatic rings. The third-order valence-electron chi connectivity index (χ3n) is 5.28. The van der Waals surface area contributed by atoms with Gasteiger partial charge in [0.25, 0.3) is 5.56 Å². The highest BCUT2D eigenvalue weighted by molar-refractivity contribution is 5.74. The minimum absolute atomic E-state index is 0.0478. The molecule has 1 aromatic heterocycles. The van der Waals surface area contributed by atoms with Crippen LogP contribution in [0.15, 0.2) is 65.5 Å². The van der Waals surface area contributed by atoms with Crippen LogP contribution >= 0.6 is 0 Å². The van der Waals surface area contributed by atoms with Gasteiger partial charge in [-0.3, -0.25) is 9.59 Å². The molecule has 1 heterocycles. The SMILES string of the molecule is O=Cc1ccc(CCn2c(COc3cccc(O)c3)c(C3CC3)ccc2=O)cc1. The molecule has 0 unspecified atom stereocenters. The second-order valence-corrected chi connectivity index (χ2v) is 7.39. The minimum Gasteiger partial charge on any atom is -0.508 e. The molecule has 148 valence electrons. The Morgan fingerprint density at radius 2 is 1.86 bits per heavy atom. The number of nitrogens with zero attached hydrogens (tertiary/aromatic N) is 1. The molecule has 4 rings (SSSR count). The van der Waals surface area contributed by atoms with Gasteiger partial charge in [0, 0.05) is 24.2 Å². The van der Waals surface area contributed by atoms with Gasteiger partial charge in [-0.2, -0.15) is 0 Å². The van der Waals surface area contributed by atoms with Crippen LogP contribution in [0.2, 0.25) is 0 Å². The molecule has 1 fully saturated rings. The van der Waals surface area contributed by atoms with Crippen molar-refractivity contribution >= 4 is 6.29 Å². The van der Waals surface area contributed by atoms with Gasteiger partial charge in [0.05, 0.1) is 5.69 Å². The van der Waals surface area contributed by atoms with Crippen molar-refractivity contribution in [2.45, 2.75) is 38.3 Å². The lowest BCUT2D eigenvalue weighted by Crippen LogP contribution is -2.26. The van der Waals surface area contributed by atoms with Crippen LogP contribution in [0.4, 0.5) is 0 Å². The molecule has 1 aliphatic carbocycles. The Morgan fingerprint density at radius 1 is 1.07 bits per heavy atom. The predicted octanol–water partition coefficient (Wildman–Crippen LogP) is 4.07. The van der Waals surface area contributed by atoms with Crippen LogP contribution in [-0.4, -0.2) is 16.0 Å². The Bertz CT molecular complexity index is 1060. The lowest BCUT2D eigenvalue weighted by molar-refractivity contribution is 0.112. The topological polar surface area (TPSA) is 68.5 Å². The number of aldehydes is 1. The van der Waals surface area contributed by atoms with E-state index in [4.69, 9.17) is 4.74 Å². The van der Waals surface area contributed by atoms with Crippen LogP contribution in [0.5, 0.6) is 11.5 Å². The van der Waals surface area contributed by atoms with E-state index in [2.05, 4.69) is 0 Å². The second-order valence-electron chi connectivity index (χ2n) is 7.39. The molecule has 0 radical (unpaired) electrons. The van der Waals surface area contributed by atoms with E-state index in [9.17, 15) is 14.7 Å². The molecule has 0 bridgehead atoms. The Hall–Kier alpha value is -3.34. The van der Waals surface area contributed by atoms with E-state index in [1.165, 1.54) is 5.56 Å². The molecule has 2 aromatic carbocycles. The smallest absolute Gasteiger partial charge is 0.250 e. The first-order valence-electron chi connectivity index (χ1n) is 9.82. The lowest BCUT2D eigenvalue weighted by atomic mass is 10.1. The zero-order valence-electron chi connectivity index (χ0n) is 16.1. The molecule has 0 spiro atoms. The molecule has 5 heteroatoms. The number of hydrogen-bond donors (Lipinski definition) is 1. The van der Waals surface area contributed by atoms with Crippen molar-refractivity contribution in [3.63, 3.8) is 0 Å². The largest absolute Gasteiger partial charge is 0.508 e. The van der Waals surface area contributed by atoms with Gasteiger partial charge in [-0.1, -0.05) is 36.4 Å². The summed E-state index contributed by atoms with van der Waals surface area (Å²) in [6.07, 6.45) is 3.77. The van der Waals surface area contributed by atoms with Crippen molar-refractivity contribution in [1.29, 1.82) is 0 Å². The third kappa shape index (κ3) is 4.57. The fourth-order valence-corrected chi connectivity index (χ4v) is 3.54. The molecular formula is C24H23NO4. The van der Waals surface area contributed by atoms with Crippen LogP contribution in [0.25, 0.3) is 0 Å². The number of aromatic nitrogens is 1. The molecule has 29 heavy (non-hydrogen) atoms. The van der Waals surface area contributed by atoms with E-state index in [-0.39, 0.29) is 17.9 Å². The number of aryl methyl sites for hydroxylation is 1. The van der Waals surface area contributed by atoms with Crippen molar-refractivity contribution in [1.82, 2.24) is 4.57 Å². The Balaban J connectivity index is 1.58. The predicted molar refractivity (Wildman–Crippen MR) is 111 cm³/mol. The van der Waals surface area contributed by atoms with Gasteiger partial charge in [0.2, 0.25) is 0 Å². The quantitative estimate of drug-likeness (QED) is 0.590. The van der Waals surface area contributed by atoms with Crippen LogP contribution in [0.1, 0.15) is 45.9 Å². The molecule has 0 amide bonds. The van der Waals surface area contributed by atoms with Crippen LogP contribution in [0.3, 0.4) is 0 Å². The fourth-order valence-electron chi connectivity index (χ4n) is 3.54. The maximum Gasteiger partial charge on any atom is 0.250 e. The summed E-state index contributed by atoms with van der Waals surface area (Å²) in [5.41, 5.74) is 3.73. The minimum atomic E-state index is -0.0478. The number of carbonyl (C=O) groups is 1. The van der Waals surface area contributed by atoms with Gasteiger partial charge in [0.15, 0.2) is 0 Å². The Labute approximate surface area is 169 Å². The van der Waals surface area contributed by atoms with Gasteiger partial charge in [-0.05, 0) is 48.4 Å². The van der Waals surface area contributed by atoms with Gasteiger partial charge >= 0.3 is 0 Å². The van der Waals surface area contributed by atoms with E-state index in [0.717, 1.165) is 30.4 Å². The van der Waals surface area contributed by atoms with Gasteiger partial charge in [0.1, 0.15) is 24.4 Å². The standard InChI is InChI=1S/C24H23NO4/c26-15-18-6-4-17(5-7-18)12-13-25-23(16-29-21-3-1-2-20(27)14-21)22(19-8-9-19)10-11-24(25)28/h1-7,10-11,14-15,19,27H,8-9,12-13,16H2. The third-order valence-corrected chi connectivity index (χ3v) is 5.28. The monoisotopic (exact) mass is 389 g/mol. The maximum absolute atomic E-state index is 12.6. The highest BCUT2D eigenvalue weighted by atomic mass is 16.5. The number of ether oxygens (including phenoxy) is 1. The normalized spacial score (nSPS) is 13.2. The van der Waals surface area contributed by atoms with E-state index >= 15 is 0 Å². The summed E-state index contributed by atoms with van der Waals surface area (Å²) in [4.78, 5) is 23.5. The molecule has 5 nitrogen and oxygen atoms in total. The molecule has 1 aliphatic rings. The maximum atomic E-state index is 12.6. The summed E-state index contributed by atoms with van der Waals surface area (Å²) in [5, 5.41) is 9.65. The average molecular weight is 389 g/mol. The van der Waals surface area contributed by atoms with Crippen molar-refractivity contribution in [2.75, 3.05) is 0 Å². The molecule has 0 aliphatic heterocycles. The molecule has 0 saturated heterocycles. The van der Waals surface area contributed by atoms with Crippen LogP contribution in [0, 0.1) is 0 Å². The van der Waals surface area contributed by atoms with Gasteiger partial charge < -0.3 is 14.4 Å². The second kappa shape index (κ2) is 8.35. The van der Waals surface area contributed by atoms with Gasteiger partial charge in [-0.25, -0.2) is 0 Å². The fraction of sp³-hybridized carbons (Fsp3) is 0.250. The van der Waals surface area contributed by atoms with Gasteiger partial charge in [-0.15, -0.1) is 0 Å².